The molecule has 4 rings (SSSR count). The van der Waals surface area contributed by atoms with Gasteiger partial charge >= 0.3 is 6.03 Å². The zero-order valence-corrected chi connectivity index (χ0v) is 11.6. The third-order valence-corrected chi connectivity index (χ3v) is 3.69. The molecular formula is C15H13N5O2. The van der Waals surface area contributed by atoms with Gasteiger partial charge in [0.2, 0.25) is 11.8 Å². The Bertz CT molecular complexity index is 887. The van der Waals surface area contributed by atoms with Crippen molar-refractivity contribution in [2.75, 3.05) is 0 Å². The Balaban J connectivity index is 1.84. The molecule has 0 saturated heterocycles. The molecule has 7 heteroatoms. The Labute approximate surface area is 125 Å². The minimum Gasteiger partial charge on any atom is -0.421 e. The van der Waals surface area contributed by atoms with Crippen LogP contribution in [0.3, 0.4) is 0 Å². The van der Waals surface area contributed by atoms with Crippen molar-refractivity contribution in [1.29, 1.82) is 0 Å². The number of amides is 1. The van der Waals surface area contributed by atoms with Crippen LogP contribution in [-0.4, -0.2) is 20.6 Å². The topological polar surface area (TPSA) is 95.1 Å². The van der Waals surface area contributed by atoms with Gasteiger partial charge in [0.1, 0.15) is 6.33 Å². The summed E-state index contributed by atoms with van der Waals surface area (Å²) in [5.41, 5.74) is 8.01. The summed E-state index contributed by atoms with van der Waals surface area (Å²) in [4.78, 5) is 20.2. The lowest BCUT2D eigenvalue weighted by Gasteiger charge is -2.09. The molecule has 0 bridgehead atoms. The molecule has 0 aliphatic carbocycles. The molecule has 0 atom stereocenters. The van der Waals surface area contributed by atoms with Crippen molar-refractivity contribution in [1.82, 2.24) is 19.9 Å². The molecule has 0 fully saturated rings. The minimum atomic E-state index is -0.597. The van der Waals surface area contributed by atoms with Crippen LogP contribution in [0.4, 0.5) is 4.79 Å². The number of hydrogen-bond acceptors (Lipinski definition) is 5. The van der Waals surface area contributed by atoms with Gasteiger partial charge in [-0.2, -0.15) is 0 Å². The summed E-state index contributed by atoms with van der Waals surface area (Å²) in [5.74, 6) is 0.793. The number of ether oxygens (including phenoxy) is 1. The Kier molecular flexibility index (Phi) is 2.80. The van der Waals surface area contributed by atoms with Crippen LogP contribution in [0.15, 0.2) is 36.7 Å². The van der Waals surface area contributed by atoms with E-state index in [1.165, 1.54) is 10.9 Å². The lowest BCUT2D eigenvalue weighted by molar-refractivity contribution is 0.248. The van der Waals surface area contributed by atoms with E-state index in [1.54, 1.807) is 6.07 Å². The quantitative estimate of drug-likeness (QED) is 0.751. The second kappa shape index (κ2) is 4.81. The first-order valence-electron chi connectivity index (χ1n) is 6.85. The third-order valence-electron chi connectivity index (χ3n) is 3.69. The molecule has 1 amide bonds. The van der Waals surface area contributed by atoms with Gasteiger partial charge in [0.15, 0.2) is 0 Å². The zero-order chi connectivity index (χ0) is 15.1. The number of primary amides is 1. The summed E-state index contributed by atoms with van der Waals surface area (Å²) in [6.07, 6.45) is 1.46. The number of rotatable bonds is 2. The molecule has 2 aromatic heterocycles. The summed E-state index contributed by atoms with van der Waals surface area (Å²) in [5, 5.41) is 4.07. The van der Waals surface area contributed by atoms with Gasteiger partial charge in [-0.1, -0.05) is 18.2 Å². The minimum absolute atomic E-state index is 0.349. The fourth-order valence-electron chi connectivity index (χ4n) is 2.69. The van der Waals surface area contributed by atoms with Crippen molar-refractivity contribution < 1.29 is 9.53 Å². The van der Waals surface area contributed by atoms with E-state index < -0.39 is 6.03 Å². The van der Waals surface area contributed by atoms with Crippen LogP contribution in [0, 0.1) is 0 Å². The predicted molar refractivity (Wildman–Crippen MR) is 79.6 cm³/mol. The van der Waals surface area contributed by atoms with Crippen LogP contribution >= 0.6 is 0 Å². The molecular weight excluding hydrogens is 282 g/mol. The number of carbonyl (C=O) groups excluding carboxylic acids is 1. The van der Waals surface area contributed by atoms with E-state index in [1.807, 2.05) is 24.3 Å². The van der Waals surface area contributed by atoms with Gasteiger partial charge in [-0.25, -0.2) is 19.3 Å². The van der Waals surface area contributed by atoms with E-state index in [9.17, 15) is 4.79 Å². The number of benzene rings is 1. The number of nitrogens with zero attached hydrogens (tertiary/aromatic N) is 3. The van der Waals surface area contributed by atoms with Gasteiger partial charge in [0, 0.05) is 24.5 Å². The van der Waals surface area contributed by atoms with E-state index in [2.05, 4.69) is 15.3 Å². The van der Waals surface area contributed by atoms with Crippen molar-refractivity contribution in [3.63, 3.8) is 0 Å². The van der Waals surface area contributed by atoms with Gasteiger partial charge in [-0.05, 0) is 6.07 Å². The number of para-hydroxylation sites is 1. The SMILES string of the molecule is NC(=O)n1c(Oc2ncnc3c2CNC3)cc2ccccc21. The highest BCUT2D eigenvalue weighted by atomic mass is 16.5. The van der Waals surface area contributed by atoms with Crippen LogP contribution < -0.4 is 15.8 Å². The Morgan fingerprint density at radius 1 is 1.27 bits per heavy atom. The number of nitrogens with one attached hydrogen (secondary N) is 1. The van der Waals surface area contributed by atoms with Crippen LogP contribution in [0.1, 0.15) is 11.3 Å². The van der Waals surface area contributed by atoms with Gasteiger partial charge in [0.25, 0.3) is 0 Å². The normalized spacial score (nSPS) is 13.3. The summed E-state index contributed by atoms with van der Waals surface area (Å²) in [6.45, 7) is 1.33. The Hall–Kier alpha value is -2.93. The first-order valence-corrected chi connectivity index (χ1v) is 6.85. The molecule has 3 N–H and O–H groups in total. The second-order valence-corrected chi connectivity index (χ2v) is 5.02. The molecule has 1 aromatic carbocycles. The van der Waals surface area contributed by atoms with Gasteiger partial charge in [-0.3, -0.25) is 0 Å². The lowest BCUT2D eigenvalue weighted by Crippen LogP contribution is -2.19. The highest BCUT2D eigenvalue weighted by Crippen LogP contribution is 2.31. The smallest absolute Gasteiger partial charge is 0.326 e. The molecule has 1 aliphatic heterocycles. The summed E-state index contributed by atoms with van der Waals surface area (Å²) in [7, 11) is 0. The van der Waals surface area contributed by atoms with E-state index >= 15 is 0 Å². The third kappa shape index (κ3) is 1.91. The molecule has 0 unspecified atom stereocenters. The number of carbonyl (C=O) groups is 1. The number of nitrogens with two attached hydrogens (primary N) is 1. The fourth-order valence-corrected chi connectivity index (χ4v) is 2.69. The lowest BCUT2D eigenvalue weighted by atomic mass is 10.2. The first-order chi connectivity index (χ1) is 10.7. The molecule has 0 saturated carbocycles. The number of fused-ring (bicyclic) bond motifs is 2. The van der Waals surface area contributed by atoms with Crippen LogP contribution in [0.2, 0.25) is 0 Å². The largest absolute Gasteiger partial charge is 0.421 e. The van der Waals surface area contributed by atoms with E-state index in [0.29, 0.717) is 30.4 Å². The average Bonchev–Trinajstić information content (AvgIpc) is 3.10. The molecule has 22 heavy (non-hydrogen) atoms. The van der Waals surface area contributed by atoms with Crippen molar-refractivity contribution in [3.05, 3.63) is 47.9 Å². The molecule has 7 nitrogen and oxygen atoms in total. The maximum absolute atomic E-state index is 11.8. The average molecular weight is 295 g/mol. The van der Waals surface area contributed by atoms with Crippen LogP contribution in [0.5, 0.6) is 11.8 Å². The number of hydrogen-bond donors (Lipinski definition) is 2. The Morgan fingerprint density at radius 2 is 2.14 bits per heavy atom. The van der Waals surface area contributed by atoms with Gasteiger partial charge in [0.05, 0.1) is 16.8 Å². The number of aromatic nitrogens is 3. The Morgan fingerprint density at radius 3 is 3.00 bits per heavy atom. The molecule has 3 aromatic rings. The van der Waals surface area contributed by atoms with E-state index in [0.717, 1.165) is 16.6 Å². The van der Waals surface area contributed by atoms with Crippen molar-refractivity contribution in [2.24, 2.45) is 5.73 Å². The molecule has 0 spiro atoms. The maximum Gasteiger partial charge on any atom is 0.326 e. The van der Waals surface area contributed by atoms with Crippen LogP contribution in [-0.2, 0) is 13.1 Å². The van der Waals surface area contributed by atoms with Crippen LogP contribution in [0.25, 0.3) is 10.9 Å². The van der Waals surface area contributed by atoms with E-state index in [-0.39, 0.29) is 0 Å². The fraction of sp³-hybridized carbons (Fsp3) is 0.133. The summed E-state index contributed by atoms with van der Waals surface area (Å²) >= 11 is 0. The predicted octanol–water partition coefficient (Wildman–Crippen LogP) is 1.75. The highest BCUT2D eigenvalue weighted by Gasteiger charge is 2.21. The highest BCUT2D eigenvalue weighted by molar-refractivity contribution is 5.93. The van der Waals surface area contributed by atoms with Gasteiger partial charge in [-0.15, -0.1) is 0 Å². The summed E-state index contributed by atoms with van der Waals surface area (Å²) < 4.78 is 7.21. The first kappa shape index (κ1) is 12.8. The molecule has 0 radical (unpaired) electrons. The van der Waals surface area contributed by atoms with Crippen molar-refractivity contribution in [2.45, 2.75) is 13.1 Å². The van der Waals surface area contributed by atoms with E-state index in [4.69, 9.17) is 10.5 Å². The second-order valence-electron chi connectivity index (χ2n) is 5.02. The molecule has 3 heterocycles. The van der Waals surface area contributed by atoms with Gasteiger partial charge < -0.3 is 15.8 Å². The molecule has 110 valence electrons. The van der Waals surface area contributed by atoms with Crippen molar-refractivity contribution >= 4 is 16.9 Å². The molecule has 1 aliphatic rings. The maximum atomic E-state index is 11.8. The monoisotopic (exact) mass is 295 g/mol. The zero-order valence-electron chi connectivity index (χ0n) is 11.6. The standard InChI is InChI=1S/C15H13N5O2/c16-15(21)20-12-4-2-1-3-9(12)5-13(20)22-14-10-6-17-7-11(10)18-8-19-14/h1-5,8,17H,6-7H2,(H2,16,21). The summed E-state index contributed by atoms with van der Waals surface area (Å²) in [6, 6.07) is 8.63. The van der Waals surface area contributed by atoms with Crippen molar-refractivity contribution in [3.8, 4) is 11.8 Å².